The second-order valence-corrected chi connectivity index (χ2v) is 7.09. The van der Waals surface area contributed by atoms with E-state index in [1.165, 1.54) is 12.1 Å². The Kier molecular flexibility index (Phi) is 5.12. The van der Waals surface area contributed by atoms with Crippen LogP contribution in [-0.4, -0.2) is 24.5 Å². The number of carboxylic acids is 1. The van der Waals surface area contributed by atoms with Crippen molar-refractivity contribution in [1.29, 1.82) is 0 Å². The molecule has 0 bridgehead atoms. The normalized spacial score (nSPS) is 11.6. The van der Waals surface area contributed by atoms with Crippen molar-refractivity contribution in [3.63, 3.8) is 0 Å². The van der Waals surface area contributed by atoms with Gasteiger partial charge in [0.15, 0.2) is 0 Å². The van der Waals surface area contributed by atoms with Gasteiger partial charge in [0.2, 0.25) is 10.0 Å². The molecule has 6 nitrogen and oxygen atoms in total. The Morgan fingerprint density at radius 1 is 1.26 bits per heavy atom. The molecule has 0 aliphatic carbocycles. The molecular formula is C16H18N2O4S. The van der Waals surface area contributed by atoms with Crippen LogP contribution in [0.2, 0.25) is 0 Å². The quantitative estimate of drug-likeness (QED) is 0.845. The number of hydrogen-bond acceptors (Lipinski definition) is 4. The zero-order chi connectivity index (χ0) is 17.0. The summed E-state index contributed by atoms with van der Waals surface area (Å²) in [6.07, 6.45) is 1.58. The number of carboxylic acid groups (broad SMARTS) is 1. The second-order valence-electron chi connectivity index (χ2n) is 5.36. The molecule has 0 aliphatic rings. The molecular weight excluding hydrogens is 316 g/mol. The van der Waals surface area contributed by atoms with Crippen molar-refractivity contribution >= 4 is 16.0 Å². The molecule has 1 aromatic heterocycles. The van der Waals surface area contributed by atoms with Crippen LogP contribution in [0.3, 0.4) is 0 Å². The maximum atomic E-state index is 12.6. The number of aromatic carboxylic acids is 1. The van der Waals surface area contributed by atoms with Crippen LogP contribution < -0.4 is 4.72 Å². The minimum Gasteiger partial charge on any atom is -0.478 e. The Morgan fingerprint density at radius 3 is 2.57 bits per heavy atom. The maximum absolute atomic E-state index is 12.6. The molecule has 2 aromatic rings. The lowest BCUT2D eigenvalue weighted by molar-refractivity contribution is 0.0696. The third-order valence-electron chi connectivity index (χ3n) is 3.34. The van der Waals surface area contributed by atoms with Crippen LogP contribution in [-0.2, 0) is 16.6 Å². The molecule has 7 heteroatoms. The molecule has 122 valence electrons. The average Bonchev–Trinajstić information content (AvgIpc) is 2.53. The molecule has 0 atom stereocenters. The SMILES string of the molecule is CC(C)c1ccc(C(=O)O)cc1S(=O)(=O)NCc1ccccn1. The van der Waals surface area contributed by atoms with Crippen molar-refractivity contribution in [2.24, 2.45) is 0 Å². The molecule has 0 radical (unpaired) electrons. The first-order valence-corrected chi connectivity index (χ1v) is 8.56. The number of rotatable bonds is 6. The Bertz CT molecular complexity index is 802. The van der Waals surface area contributed by atoms with Gasteiger partial charge in [-0.2, -0.15) is 0 Å². The molecule has 0 saturated heterocycles. The first-order chi connectivity index (χ1) is 10.8. The molecule has 0 amide bonds. The van der Waals surface area contributed by atoms with E-state index in [4.69, 9.17) is 5.11 Å². The summed E-state index contributed by atoms with van der Waals surface area (Å²) < 4.78 is 27.6. The van der Waals surface area contributed by atoms with Gasteiger partial charge in [-0.25, -0.2) is 17.9 Å². The standard InChI is InChI=1S/C16H18N2O4S/c1-11(2)14-7-6-12(16(19)20)9-15(14)23(21,22)18-10-13-5-3-4-8-17-13/h3-9,11,18H,10H2,1-2H3,(H,19,20). The highest BCUT2D eigenvalue weighted by Gasteiger charge is 2.22. The summed E-state index contributed by atoms with van der Waals surface area (Å²) in [5.74, 6) is -1.22. The third-order valence-corrected chi connectivity index (χ3v) is 4.80. The van der Waals surface area contributed by atoms with E-state index in [0.29, 0.717) is 11.3 Å². The Morgan fingerprint density at radius 2 is 2.00 bits per heavy atom. The lowest BCUT2D eigenvalue weighted by Gasteiger charge is -2.14. The highest BCUT2D eigenvalue weighted by Crippen LogP contribution is 2.25. The molecule has 2 rings (SSSR count). The van der Waals surface area contributed by atoms with Gasteiger partial charge in [0.25, 0.3) is 0 Å². The van der Waals surface area contributed by atoms with Crippen molar-refractivity contribution in [1.82, 2.24) is 9.71 Å². The highest BCUT2D eigenvalue weighted by atomic mass is 32.2. The summed E-state index contributed by atoms with van der Waals surface area (Å²) in [6.45, 7) is 3.75. The fraction of sp³-hybridized carbons (Fsp3) is 0.250. The molecule has 0 unspecified atom stereocenters. The second kappa shape index (κ2) is 6.89. The van der Waals surface area contributed by atoms with E-state index in [0.717, 1.165) is 0 Å². The van der Waals surface area contributed by atoms with E-state index < -0.39 is 16.0 Å². The lowest BCUT2D eigenvalue weighted by atomic mass is 10.0. The van der Waals surface area contributed by atoms with E-state index in [-0.39, 0.29) is 22.9 Å². The summed E-state index contributed by atoms with van der Waals surface area (Å²) in [4.78, 5) is 15.2. The number of nitrogens with one attached hydrogen (secondary N) is 1. The van der Waals surface area contributed by atoms with Crippen molar-refractivity contribution < 1.29 is 18.3 Å². The minimum atomic E-state index is -3.84. The number of carbonyl (C=O) groups is 1. The van der Waals surface area contributed by atoms with Gasteiger partial charge in [-0.05, 0) is 35.7 Å². The predicted molar refractivity (Wildman–Crippen MR) is 85.8 cm³/mol. The van der Waals surface area contributed by atoms with Crippen LogP contribution in [0, 0.1) is 0 Å². The molecule has 1 aromatic carbocycles. The largest absolute Gasteiger partial charge is 0.478 e. The first kappa shape index (κ1) is 17.1. The Labute approximate surface area is 135 Å². The summed E-state index contributed by atoms with van der Waals surface area (Å²) >= 11 is 0. The maximum Gasteiger partial charge on any atom is 0.335 e. The Balaban J connectivity index is 2.37. The van der Waals surface area contributed by atoms with Crippen LogP contribution in [0.5, 0.6) is 0 Å². The lowest BCUT2D eigenvalue weighted by Crippen LogP contribution is -2.25. The number of nitrogens with zero attached hydrogens (tertiary/aromatic N) is 1. The fourth-order valence-corrected chi connectivity index (χ4v) is 3.52. The van der Waals surface area contributed by atoms with E-state index in [1.807, 2.05) is 13.8 Å². The summed E-state index contributed by atoms with van der Waals surface area (Å²) in [6, 6.07) is 9.36. The van der Waals surface area contributed by atoms with Gasteiger partial charge in [0.05, 0.1) is 22.7 Å². The van der Waals surface area contributed by atoms with Crippen LogP contribution in [0.25, 0.3) is 0 Å². The highest BCUT2D eigenvalue weighted by molar-refractivity contribution is 7.89. The smallest absolute Gasteiger partial charge is 0.335 e. The topological polar surface area (TPSA) is 96.4 Å². The van der Waals surface area contributed by atoms with Gasteiger partial charge >= 0.3 is 5.97 Å². The average molecular weight is 334 g/mol. The zero-order valence-corrected chi connectivity index (χ0v) is 13.7. The molecule has 1 heterocycles. The summed E-state index contributed by atoms with van der Waals surface area (Å²) in [7, 11) is -3.84. The van der Waals surface area contributed by atoms with Crippen molar-refractivity contribution in [3.8, 4) is 0 Å². The van der Waals surface area contributed by atoms with Crippen molar-refractivity contribution in [3.05, 3.63) is 59.4 Å². The van der Waals surface area contributed by atoms with Crippen LogP contribution in [0.1, 0.15) is 41.4 Å². The number of aromatic nitrogens is 1. The molecule has 23 heavy (non-hydrogen) atoms. The summed E-state index contributed by atoms with van der Waals surface area (Å²) in [5.41, 5.74) is 1.09. The van der Waals surface area contributed by atoms with Crippen LogP contribution in [0.4, 0.5) is 0 Å². The number of benzene rings is 1. The zero-order valence-electron chi connectivity index (χ0n) is 12.9. The summed E-state index contributed by atoms with van der Waals surface area (Å²) in [5, 5.41) is 9.09. The van der Waals surface area contributed by atoms with Crippen molar-refractivity contribution in [2.75, 3.05) is 0 Å². The van der Waals surface area contributed by atoms with Gasteiger partial charge < -0.3 is 5.11 Å². The predicted octanol–water partition coefficient (Wildman–Crippen LogP) is 2.38. The third kappa shape index (κ3) is 4.14. The van der Waals surface area contributed by atoms with Gasteiger partial charge in [0, 0.05) is 6.20 Å². The molecule has 0 saturated carbocycles. The van der Waals surface area contributed by atoms with E-state index >= 15 is 0 Å². The monoisotopic (exact) mass is 334 g/mol. The molecule has 0 fully saturated rings. The minimum absolute atomic E-state index is 0.0108. The Hall–Kier alpha value is -2.25. The first-order valence-electron chi connectivity index (χ1n) is 7.08. The van der Waals surface area contributed by atoms with Gasteiger partial charge in [-0.15, -0.1) is 0 Å². The van der Waals surface area contributed by atoms with Gasteiger partial charge in [-0.1, -0.05) is 26.0 Å². The van der Waals surface area contributed by atoms with Crippen molar-refractivity contribution in [2.45, 2.75) is 31.2 Å². The van der Waals surface area contributed by atoms with Crippen LogP contribution in [0.15, 0.2) is 47.5 Å². The molecule has 2 N–H and O–H groups in total. The molecule has 0 aliphatic heterocycles. The number of hydrogen-bond donors (Lipinski definition) is 2. The number of sulfonamides is 1. The molecule has 0 spiro atoms. The fourth-order valence-electron chi connectivity index (χ4n) is 2.13. The van der Waals surface area contributed by atoms with E-state index in [9.17, 15) is 13.2 Å². The van der Waals surface area contributed by atoms with E-state index in [1.54, 1.807) is 30.5 Å². The van der Waals surface area contributed by atoms with Crippen LogP contribution >= 0.6 is 0 Å². The van der Waals surface area contributed by atoms with Gasteiger partial charge in [0.1, 0.15) is 0 Å². The number of pyridine rings is 1. The van der Waals surface area contributed by atoms with Gasteiger partial charge in [-0.3, -0.25) is 4.98 Å². The van der Waals surface area contributed by atoms with E-state index in [2.05, 4.69) is 9.71 Å².